The van der Waals surface area contributed by atoms with Gasteiger partial charge in [0.1, 0.15) is 17.1 Å². The maximum Gasteiger partial charge on any atom is 0.245 e. The first kappa shape index (κ1) is 36.1. The number of carbonyl (C=O) groups is 1. The summed E-state index contributed by atoms with van der Waals surface area (Å²) < 4.78 is 43.4. The highest BCUT2D eigenvalue weighted by Gasteiger charge is 2.23. The summed E-state index contributed by atoms with van der Waals surface area (Å²) in [4.78, 5) is 18.0. The molecule has 1 aliphatic heterocycles. The van der Waals surface area contributed by atoms with Gasteiger partial charge < -0.3 is 30.6 Å². The van der Waals surface area contributed by atoms with E-state index in [1.807, 2.05) is 42.5 Å². The van der Waals surface area contributed by atoms with Gasteiger partial charge in [0, 0.05) is 38.3 Å². The van der Waals surface area contributed by atoms with Crippen molar-refractivity contribution in [1.29, 1.82) is 0 Å². The second-order valence-electron chi connectivity index (χ2n) is 13.6. The van der Waals surface area contributed by atoms with Crippen molar-refractivity contribution in [3.05, 3.63) is 60.3 Å². The Balaban J connectivity index is 1.42. The molecule has 2 aromatic heterocycles. The summed E-state index contributed by atoms with van der Waals surface area (Å²) in [7, 11) is -2.90. The van der Waals surface area contributed by atoms with E-state index in [2.05, 4.69) is 46.2 Å². The van der Waals surface area contributed by atoms with E-state index in [1.54, 1.807) is 17.8 Å². The van der Waals surface area contributed by atoms with Crippen molar-refractivity contribution in [3.63, 3.8) is 0 Å². The van der Waals surface area contributed by atoms with Gasteiger partial charge in [-0.15, -0.1) is 5.10 Å². The Bertz CT molecular complexity index is 1870. The molecule has 0 radical (unpaired) electrons. The molecule has 0 unspecified atom stereocenters. The van der Waals surface area contributed by atoms with Crippen LogP contribution in [0.3, 0.4) is 0 Å². The maximum atomic E-state index is 12.0. The number of para-hydroxylation sites is 1. The Morgan fingerprint density at radius 2 is 1.82 bits per heavy atom. The van der Waals surface area contributed by atoms with Gasteiger partial charge in [-0.1, -0.05) is 43.9 Å². The number of rotatable bonds is 16. The lowest BCUT2D eigenvalue weighted by Gasteiger charge is -2.31. The van der Waals surface area contributed by atoms with Crippen LogP contribution in [0.4, 0.5) is 17.3 Å². The van der Waals surface area contributed by atoms with Gasteiger partial charge in [-0.05, 0) is 61.7 Å². The molecule has 5 rings (SSSR count). The third-order valence-electron chi connectivity index (χ3n) is 8.41. The zero-order chi connectivity index (χ0) is 35.2. The van der Waals surface area contributed by atoms with Crippen molar-refractivity contribution < 1.29 is 27.4 Å². The Morgan fingerprint density at radius 1 is 1.06 bits per heavy atom. The Morgan fingerprint density at radius 3 is 2.51 bits per heavy atom. The lowest BCUT2D eigenvalue weighted by Crippen LogP contribution is -2.39. The highest BCUT2D eigenvalue weighted by atomic mass is 32.2. The van der Waals surface area contributed by atoms with E-state index in [9.17, 15) is 13.2 Å². The molecule has 0 atom stereocenters. The van der Waals surface area contributed by atoms with Gasteiger partial charge >= 0.3 is 0 Å². The van der Waals surface area contributed by atoms with E-state index in [1.165, 1.54) is 6.26 Å². The largest absolute Gasteiger partial charge is 0.495 e. The third-order valence-corrected chi connectivity index (χ3v) is 10.8. The smallest absolute Gasteiger partial charge is 0.245 e. The number of hydrogen-bond acceptors (Lipinski definition) is 11. The number of fused-ring (bicyclic) bond motifs is 1. The summed E-state index contributed by atoms with van der Waals surface area (Å²) in [5, 5.41) is 11.2. The second-order valence-corrected chi connectivity index (χ2v) is 21.4. The minimum atomic E-state index is -3.27. The zero-order valence-corrected chi connectivity index (χ0v) is 30.7. The van der Waals surface area contributed by atoms with Crippen molar-refractivity contribution in [2.45, 2.75) is 44.4 Å². The van der Waals surface area contributed by atoms with Crippen molar-refractivity contribution in [3.8, 4) is 22.8 Å². The standard InChI is InChI=1S/C34H47N7O6SSi/c1-45-31-18-25(24-12-14-40(15-13-24)21-33(35)42)10-11-28(31)38-34-36-20-30-32(47-23-46-16-17-49(3,4)5)19-29(41(30)39-34)26-8-6-7-9-27(26)37-22-48(2,43)44/h6-11,18-20,24,37H,12-17,21-23H2,1-5H3,(H2,35,42)(H,38,39). The molecule has 4 aromatic rings. The molecule has 264 valence electrons. The van der Waals surface area contributed by atoms with Crippen molar-refractivity contribution >= 4 is 46.7 Å². The number of nitrogens with one attached hydrogen (secondary N) is 2. The first-order valence-corrected chi connectivity index (χ1v) is 22.1. The van der Waals surface area contributed by atoms with Crippen LogP contribution in [0, 0.1) is 0 Å². The van der Waals surface area contributed by atoms with Crippen LogP contribution in [0.1, 0.15) is 24.3 Å². The first-order chi connectivity index (χ1) is 23.3. The average Bonchev–Trinajstić information content (AvgIpc) is 3.40. The quantitative estimate of drug-likeness (QED) is 0.0823. The lowest BCUT2D eigenvalue weighted by molar-refractivity contribution is -0.119. The predicted octanol–water partition coefficient (Wildman–Crippen LogP) is 4.92. The number of primary amides is 1. The number of nitrogens with two attached hydrogens (primary N) is 1. The van der Waals surface area contributed by atoms with E-state index in [4.69, 9.17) is 25.0 Å². The van der Waals surface area contributed by atoms with E-state index < -0.39 is 17.9 Å². The number of likely N-dealkylation sites (tertiary alicyclic amines) is 1. The van der Waals surface area contributed by atoms with Crippen molar-refractivity contribution in [2.75, 3.05) is 62.9 Å². The first-order valence-electron chi connectivity index (χ1n) is 16.4. The summed E-state index contributed by atoms with van der Waals surface area (Å²) in [6.07, 6.45) is 4.72. The fourth-order valence-corrected chi connectivity index (χ4v) is 6.94. The van der Waals surface area contributed by atoms with Gasteiger partial charge in [0.2, 0.25) is 11.9 Å². The maximum absolute atomic E-state index is 12.0. The van der Waals surface area contributed by atoms with Gasteiger partial charge in [-0.25, -0.2) is 17.9 Å². The molecule has 4 N–H and O–H groups in total. The Kier molecular flexibility index (Phi) is 11.5. The SMILES string of the molecule is COc1cc(C2CCN(CC(N)=O)CC2)ccc1Nc1ncc2c(OCOCC[Si](C)(C)C)cc(-c3ccccc3NCS(C)(=O)=O)n2n1. The second kappa shape index (κ2) is 15.6. The number of piperidine rings is 1. The summed E-state index contributed by atoms with van der Waals surface area (Å²) in [6.45, 7) is 9.50. The van der Waals surface area contributed by atoms with Crippen molar-refractivity contribution in [2.24, 2.45) is 5.73 Å². The number of aromatic nitrogens is 3. The Hall–Kier alpha value is -4.18. The molecule has 0 aliphatic carbocycles. The molecule has 1 amide bonds. The number of carbonyl (C=O) groups excluding carboxylic acids is 1. The van der Waals surface area contributed by atoms with Crippen molar-refractivity contribution in [1.82, 2.24) is 19.5 Å². The third kappa shape index (κ3) is 9.94. The van der Waals surface area contributed by atoms with E-state index >= 15 is 0 Å². The molecule has 3 heterocycles. The van der Waals surface area contributed by atoms with Gasteiger partial charge in [-0.3, -0.25) is 9.69 Å². The van der Waals surface area contributed by atoms with Crippen LogP contribution in [0.5, 0.6) is 11.5 Å². The highest BCUT2D eigenvalue weighted by molar-refractivity contribution is 7.90. The van der Waals surface area contributed by atoms with Gasteiger partial charge in [0.05, 0.1) is 31.2 Å². The van der Waals surface area contributed by atoms with Crippen LogP contribution < -0.4 is 25.8 Å². The summed E-state index contributed by atoms with van der Waals surface area (Å²) in [5.74, 6) is 1.35. The van der Waals surface area contributed by atoms with Crippen LogP contribution in [0.15, 0.2) is 54.7 Å². The minimum absolute atomic E-state index is 0.0747. The number of amides is 1. The average molecular weight is 710 g/mol. The van der Waals surface area contributed by atoms with Crippen LogP contribution in [0.25, 0.3) is 16.8 Å². The summed E-state index contributed by atoms with van der Waals surface area (Å²) in [5.41, 5.74) is 9.93. The number of methoxy groups -OCH3 is 1. The Labute approximate surface area is 289 Å². The van der Waals surface area contributed by atoms with Crippen LogP contribution in [-0.2, 0) is 19.4 Å². The molecular formula is C34H47N7O6SSi. The van der Waals surface area contributed by atoms with Gasteiger partial charge in [-0.2, -0.15) is 0 Å². The monoisotopic (exact) mass is 709 g/mol. The molecule has 15 heteroatoms. The molecule has 1 fully saturated rings. The van der Waals surface area contributed by atoms with Crippen LogP contribution in [0.2, 0.25) is 25.7 Å². The fraction of sp³-hybridized carbons (Fsp3) is 0.441. The van der Waals surface area contributed by atoms with Crippen LogP contribution >= 0.6 is 0 Å². The molecular weight excluding hydrogens is 663 g/mol. The number of benzene rings is 2. The lowest BCUT2D eigenvalue weighted by atomic mass is 9.89. The molecule has 0 saturated carbocycles. The topological polar surface area (TPSA) is 162 Å². The normalized spacial score (nSPS) is 14.6. The zero-order valence-electron chi connectivity index (χ0n) is 28.9. The van der Waals surface area contributed by atoms with Gasteiger partial charge in [0.25, 0.3) is 0 Å². The van der Waals surface area contributed by atoms with Gasteiger partial charge in [0.15, 0.2) is 22.4 Å². The number of nitrogens with zero attached hydrogens (tertiary/aromatic N) is 4. The molecule has 1 saturated heterocycles. The molecule has 2 aromatic carbocycles. The van der Waals surface area contributed by atoms with Crippen LogP contribution in [-0.4, -0.2) is 94.2 Å². The van der Waals surface area contributed by atoms with E-state index in [-0.39, 0.29) is 25.1 Å². The number of sulfone groups is 1. The van der Waals surface area contributed by atoms with E-state index in [0.29, 0.717) is 52.6 Å². The molecule has 0 spiro atoms. The van der Waals surface area contributed by atoms with E-state index in [0.717, 1.165) is 43.1 Å². The molecule has 0 bridgehead atoms. The molecule has 13 nitrogen and oxygen atoms in total. The molecule has 1 aliphatic rings. The predicted molar refractivity (Wildman–Crippen MR) is 195 cm³/mol. The summed E-state index contributed by atoms with van der Waals surface area (Å²) >= 11 is 0. The number of ether oxygens (including phenoxy) is 3. The summed E-state index contributed by atoms with van der Waals surface area (Å²) in [6, 6.07) is 16.4. The number of hydrogen-bond donors (Lipinski definition) is 3. The minimum Gasteiger partial charge on any atom is -0.495 e. The molecule has 49 heavy (non-hydrogen) atoms. The highest BCUT2D eigenvalue weighted by Crippen LogP contribution is 2.37. The number of anilines is 3. The fourth-order valence-electron chi connectivity index (χ4n) is 5.77.